The van der Waals surface area contributed by atoms with Gasteiger partial charge in [-0.3, -0.25) is 4.79 Å². The predicted octanol–water partition coefficient (Wildman–Crippen LogP) is 1.72. The second kappa shape index (κ2) is 6.22. The number of amides is 2. The number of piperidine rings is 1. The third kappa shape index (κ3) is 4.33. The van der Waals surface area contributed by atoms with Gasteiger partial charge in [0.2, 0.25) is 0 Å². The number of hydrogen-bond acceptors (Lipinski definition) is 3. The minimum atomic E-state index is -0.862. The SMILES string of the molecule is CC1(O)CCN(C(=O)NC2(CC(=O)O)CCCCC2)CC1. The normalized spacial score (nSPS) is 24.4. The van der Waals surface area contributed by atoms with E-state index in [0.717, 1.165) is 32.1 Å². The molecule has 1 heterocycles. The van der Waals surface area contributed by atoms with Crippen molar-refractivity contribution < 1.29 is 19.8 Å². The fraction of sp³-hybridized carbons (Fsp3) is 0.867. The molecule has 1 aliphatic heterocycles. The minimum absolute atomic E-state index is 0.00963. The number of nitrogens with zero attached hydrogens (tertiary/aromatic N) is 1. The van der Waals surface area contributed by atoms with Gasteiger partial charge in [0.1, 0.15) is 0 Å². The second-order valence-electron chi connectivity index (χ2n) is 6.83. The maximum Gasteiger partial charge on any atom is 0.317 e. The topological polar surface area (TPSA) is 89.9 Å². The van der Waals surface area contributed by atoms with Crippen LogP contribution in [0.5, 0.6) is 0 Å². The van der Waals surface area contributed by atoms with Gasteiger partial charge in [0.15, 0.2) is 0 Å². The van der Waals surface area contributed by atoms with Crippen LogP contribution in [0.2, 0.25) is 0 Å². The van der Waals surface area contributed by atoms with Gasteiger partial charge in [-0.05, 0) is 32.6 Å². The lowest BCUT2D eigenvalue weighted by molar-refractivity contribution is -0.139. The van der Waals surface area contributed by atoms with Crippen molar-refractivity contribution in [1.29, 1.82) is 0 Å². The summed E-state index contributed by atoms with van der Waals surface area (Å²) in [4.78, 5) is 25.2. The molecule has 3 N–H and O–H groups in total. The zero-order valence-electron chi connectivity index (χ0n) is 12.7. The molecule has 1 aliphatic carbocycles. The number of carboxylic acid groups (broad SMARTS) is 1. The summed E-state index contributed by atoms with van der Waals surface area (Å²) in [5.41, 5.74) is -1.29. The van der Waals surface area contributed by atoms with Gasteiger partial charge < -0.3 is 20.4 Å². The van der Waals surface area contributed by atoms with Gasteiger partial charge in [-0.2, -0.15) is 0 Å². The van der Waals surface area contributed by atoms with E-state index < -0.39 is 17.1 Å². The van der Waals surface area contributed by atoms with Gasteiger partial charge in [-0.1, -0.05) is 19.3 Å². The zero-order chi connectivity index (χ0) is 15.5. The number of likely N-dealkylation sites (tertiary alicyclic amines) is 1. The van der Waals surface area contributed by atoms with Gasteiger partial charge >= 0.3 is 12.0 Å². The van der Waals surface area contributed by atoms with Crippen LogP contribution in [-0.4, -0.2) is 51.3 Å². The first-order chi connectivity index (χ1) is 9.82. The summed E-state index contributed by atoms with van der Waals surface area (Å²) in [5.74, 6) is -0.862. The molecule has 2 fully saturated rings. The van der Waals surface area contributed by atoms with E-state index in [2.05, 4.69) is 5.32 Å². The molecule has 0 aromatic carbocycles. The van der Waals surface area contributed by atoms with E-state index in [1.165, 1.54) is 0 Å². The van der Waals surface area contributed by atoms with Crippen LogP contribution in [0, 0.1) is 0 Å². The maximum absolute atomic E-state index is 12.4. The Labute approximate surface area is 125 Å². The van der Waals surface area contributed by atoms with Gasteiger partial charge in [0, 0.05) is 13.1 Å². The highest BCUT2D eigenvalue weighted by molar-refractivity contribution is 5.77. The molecule has 0 bridgehead atoms. The zero-order valence-corrected chi connectivity index (χ0v) is 12.7. The Morgan fingerprint density at radius 3 is 2.19 bits per heavy atom. The van der Waals surface area contributed by atoms with Gasteiger partial charge in [0.25, 0.3) is 0 Å². The Balaban J connectivity index is 1.96. The molecular formula is C15H26N2O4. The first kappa shape index (κ1) is 16.1. The molecule has 2 amide bonds. The van der Waals surface area contributed by atoms with Crippen LogP contribution < -0.4 is 5.32 Å². The van der Waals surface area contributed by atoms with Crippen molar-refractivity contribution >= 4 is 12.0 Å². The van der Waals surface area contributed by atoms with E-state index >= 15 is 0 Å². The average Bonchev–Trinajstić information content (AvgIpc) is 2.38. The molecule has 0 atom stereocenters. The number of aliphatic hydroxyl groups is 1. The molecule has 120 valence electrons. The van der Waals surface area contributed by atoms with Crippen molar-refractivity contribution in [3.63, 3.8) is 0 Å². The van der Waals surface area contributed by atoms with Crippen LogP contribution in [0.1, 0.15) is 58.3 Å². The molecule has 21 heavy (non-hydrogen) atoms. The monoisotopic (exact) mass is 298 g/mol. The Kier molecular flexibility index (Phi) is 4.76. The number of rotatable bonds is 3. The highest BCUT2D eigenvalue weighted by Gasteiger charge is 2.38. The number of carbonyl (C=O) groups excluding carboxylic acids is 1. The summed E-state index contributed by atoms with van der Waals surface area (Å²) >= 11 is 0. The van der Waals surface area contributed by atoms with E-state index in [-0.39, 0.29) is 12.5 Å². The van der Waals surface area contributed by atoms with Crippen LogP contribution >= 0.6 is 0 Å². The molecule has 2 rings (SSSR count). The molecule has 0 radical (unpaired) electrons. The first-order valence-electron chi connectivity index (χ1n) is 7.83. The molecule has 0 unspecified atom stereocenters. The van der Waals surface area contributed by atoms with Crippen LogP contribution in [-0.2, 0) is 4.79 Å². The fourth-order valence-electron chi connectivity index (χ4n) is 3.36. The number of urea groups is 1. The van der Waals surface area contributed by atoms with Crippen molar-refractivity contribution in [2.45, 2.75) is 69.4 Å². The highest BCUT2D eigenvalue weighted by atomic mass is 16.4. The van der Waals surface area contributed by atoms with Crippen LogP contribution in [0.15, 0.2) is 0 Å². The molecule has 1 saturated heterocycles. The highest BCUT2D eigenvalue weighted by Crippen LogP contribution is 2.31. The number of hydrogen-bond donors (Lipinski definition) is 3. The molecule has 6 heteroatoms. The number of carboxylic acids is 1. The van der Waals surface area contributed by atoms with Crippen LogP contribution in [0.25, 0.3) is 0 Å². The Morgan fingerprint density at radius 1 is 1.10 bits per heavy atom. The molecule has 0 spiro atoms. The fourth-order valence-corrected chi connectivity index (χ4v) is 3.36. The minimum Gasteiger partial charge on any atom is -0.481 e. The predicted molar refractivity (Wildman–Crippen MR) is 78.0 cm³/mol. The summed E-state index contributed by atoms with van der Waals surface area (Å²) in [7, 11) is 0. The summed E-state index contributed by atoms with van der Waals surface area (Å²) in [6, 6.07) is -0.186. The lowest BCUT2D eigenvalue weighted by Gasteiger charge is -2.41. The van der Waals surface area contributed by atoms with Crippen molar-refractivity contribution in [3.05, 3.63) is 0 Å². The number of carbonyl (C=O) groups is 2. The Hall–Kier alpha value is -1.30. The molecule has 0 aromatic heterocycles. The molecule has 1 saturated carbocycles. The van der Waals surface area contributed by atoms with E-state index in [1.54, 1.807) is 11.8 Å². The van der Waals surface area contributed by atoms with E-state index in [1.807, 2.05) is 0 Å². The summed E-state index contributed by atoms with van der Waals surface area (Å²) in [6.45, 7) is 2.82. The third-order valence-electron chi connectivity index (χ3n) is 4.80. The Bertz CT molecular complexity index is 392. The number of aliphatic carboxylic acids is 1. The standard InChI is InChI=1S/C15H26N2O4/c1-14(21)7-9-17(10-8-14)13(20)16-15(11-12(18)19)5-3-2-4-6-15/h21H,2-11H2,1H3,(H,16,20)(H,18,19). The smallest absolute Gasteiger partial charge is 0.317 e. The van der Waals surface area contributed by atoms with Gasteiger partial charge in [0.05, 0.1) is 17.6 Å². The van der Waals surface area contributed by atoms with Crippen molar-refractivity contribution in [2.75, 3.05) is 13.1 Å². The lowest BCUT2D eigenvalue weighted by atomic mass is 9.79. The largest absolute Gasteiger partial charge is 0.481 e. The molecule has 0 aromatic rings. The number of nitrogens with one attached hydrogen (secondary N) is 1. The van der Waals surface area contributed by atoms with Crippen molar-refractivity contribution in [2.24, 2.45) is 0 Å². The summed E-state index contributed by atoms with van der Waals surface area (Å²) in [5, 5.41) is 22.0. The molecular weight excluding hydrogens is 272 g/mol. The third-order valence-corrected chi connectivity index (χ3v) is 4.80. The first-order valence-corrected chi connectivity index (χ1v) is 7.83. The average molecular weight is 298 g/mol. The lowest BCUT2D eigenvalue weighted by Crippen LogP contribution is -2.57. The van der Waals surface area contributed by atoms with Crippen LogP contribution in [0.3, 0.4) is 0 Å². The summed E-state index contributed by atoms with van der Waals surface area (Å²) in [6.07, 6.45) is 5.60. The quantitative estimate of drug-likeness (QED) is 0.740. The molecule has 2 aliphatic rings. The van der Waals surface area contributed by atoms with E-state index in [4.69, 9.17) is 5.11 Å². The maximum atomic E-state index is 12.4. The van der Waals surface area contributed by atoms with Gasteiger partial charge in [-0.25, -0.2) is 4.79 Å². The van der Waals surface area contributed by atoms with Crippen molar-refractivity contribution in [3.8, 4) is 0 Å². The second-order valence-corrected chi connectivity index (χ2v) is 6.83. The van der Waals surface area contributed by atoms with E-state index in [0.29, 0.717) is 25.9 Å². The van der Waals surface area contributed by atoms with Crippen molar-refractivity contribution in [1.82, 2.24) is 10.2 Å². The summed E-state index contributed by atoms with van der Waals surface area (Å²) < 4.78 is 0. The van der Waals surface area contributed by atoms with E-state index in [9.17, 15) is 14.7 Å². The Morgan fingerprint density at radius 2 is 1.67 bits per heavy atom. The van der Waals surface area contributed by atoms with Gasteiger partial charge in [-0.15, -0.1) is 0 Å². The van der Waals surface area contributed by atoms with Crippen LogP contribution in [0.4, 0.5) is 4.79 Å². The molecule has 6 nitrogen and oxygen atoms in total.